The number of rotatable bonds is 4. The summed E-state index contributed by atoms with van der Waals surface area (Å²) < 4.78 is 0. The van der Waals surface area contributed by atoms with Crippen LogP contribution in [0.15, 0.2) is 5.16 Å². The first kappa shape index (κ1) is 15.1. The molecule has 0 bridgehead atoms. The number of thioether (sulfide) groups is 1. The number of aromatic nitrogens is 2. The average molecular weight is 322 g/mol. The number of hydrogen-bond acceptors (Lipinski definition) is 5. The van der Waals surface area contributed by atoms with Crippen LogP contribution in [0.1, 0.15) is 44.1 Å². The summed E-state index contributed by atoms with van der Waals surface area (Å²) in [6.07, 6.45) is 4.74. The molecule has 0 radical (unpaired) electrons. The number of nitrogen functional groups attached to an aromatic ring is 1. The standard InChI is InChI=1S/C16H23N3S2/c1-9(2)6-7-20-16-18-14(17)13-11-5-4-10(3)8-12(11)21-15(13)19-16/h9-10H,4-8H2,1-3H3,(H2,17,18,19). The highest BCUT2D eigenvalue weighted by atomic mass is 32.2. The molecule has 0 amide bonds. The summed E-state index contributed by atoms with van der Waals surface area (Å²) in [5, 5.41) is 1.97. The monoisotopic (exact) mass is 321 g/mol. The second-order valence-corrected chi connectivity index (χ2v) is 8.60. The van der Waals surface area contributed by atoms with E-state index in [1.165, 1.54) is 29.7 Å². The topological polar surface area (TPSA) is 51.8 Å². The Hall–Kier alpha value is -0.810. The molecule has 0 aromatic carbocycles. The maximum absolute atomic E-state index is 6.23. The van der Waals surface area contributed by atoms with Crippen LogP contribution in [0.2, 0.25) is 0 Å². The van der Waals surface area contributed by atoms with Crippen LogP contribution in [0.25, 0.3) is 10.2 Å². The van der Waals surface area contributed by atoms with Crippen molar-refractivity contribution in [2.24, 2.45) is 11.8 Å². The van der Waals surface area contributed by atoms with Gasteiger partial charge in [0.15, 0.2) is 5.16 Å². The second-order valence-electron chi connectivity index (χ2n) is 6.45. The summed E-state index contributed by atoms with van der Waals surface area (Å²) in [5.41, 5.74) is 7.65. The van der Waals surface area contributed by atoms with Crippen LogP contribution in [-0.4, -0.2) is 15.7 Å². The molecule has 2 aromatic heterocycles. The summed E-state index contributed by atoms with van der Waals surface area (Å²) in [6.45, 7) is 6.82. The van der Waals surface area contributed by atoms with Crippen LogP contribution < -0.4 is 5.73 Å². The van der Waals surface area contributed by atoms with Gasteiger partial charge in [-0.1, -0.05) is 32.5 Å². The van der Waals surface area contributed by atoms with Crippen molar-refractivity contribution in [1.29, 1.82) is 0 Å². The van der Waals surface area contributed by atoms with E-state index >= 15 is 0 Å². The smallest absolute Gasteiger partial charge is 0.190 e. The summed E-state index contributed by atoms with van der Waals surface area (Å²) in [6, 6.07) is 0. The van der Waals surface area contributed by atoms with Crippen molar-refractivity contribution >= 4 is 39.1 Å². The minimum atomic E-state index is 0.680. The number of anilines is 1. The molecule has 1 unspecified atom stereocenters. The third-order valence-electron chi connectivity index (χ3n) is 4.09. The quantitative estimate of drug-likeness (QED) is 0.663. The number of aryl methyl sites for hydroxylation is 1. The molecule has 114 valence electrons. The molecule has 5 heteroatoms. The minimum absolute atomic E-state index is 0.680. The zero-order valence-electron chi connectivity index (χ0n) is 13.0. The van der Waals surface area contributed by atoms with Gasteiger partial charge in [0.1, 0.15) is 10.6 Å². The summed E-state index contributed by atoms with van der Waals surface area (Å²) in [5.74, 6) is 3.23. The van der Waals surface area contributed by atoms with Crippen molar-refractivity contribution in [3.05, 3.63) is 10.4 Å². The Bertz CT molecular complexity index is 648. The molecule has 3 nitrogen and oxygen atoms in total. The first-order valence-electron chi connectivity index (χ1n) is 7.75. The van der Waals surface area contributed by atoms with Gasteiger partial charge >= 0.3 is 0 Å². The zero-order valence-corrected chi connectivity index (χ0v) is 14.6. The van der Waals surface area contributed by atoms with Crippen LogP contribution >= 0.6 is 23.1 Å². The van der Waals surface area contributed by atoms with Crippen molar-refractivity contribution in [3.63, 3.8) is 0 Å². The summed E-state index contributed by atoms with van der Waals surface area (Å²) in [7, 11) is 0. The molecule has 0 saturated carbocycles. The molecule has 1 aliphatic rings. The van der Waals surface area contributed by atoms with E-state index in [2.05, 4.69) is 25.8 Å². The van der Waals surface area contributed by atoms with Gasteiger partial charge in [0.05, 0.1) is 5.39 Å². The first-order chi connectivity index (χ1) is 10.0. The van der Waals surface area contributed by atoms with Crippen LogP contribution in [0.3, 0.4) is 0 Å². The highest BCUT2D eigenvalue weighted by molar-refractivity contribution is 7.99. The molecule has 1 atom stereocenters. The molecular formula is C16H23N3S2. The Morgan fingerprint density at radius 1 is 1.38 bits per heavy atom. The highest BCUT2D eigenvalue weighted by Crippen LogP contribution is 2.39. The predicted octanol–water partition coefficient (Wildman–Crippen LogP) is 4.54. The Morgan fingerprint density at radius 3 is 2.95 bits per heavy atom. The van der Waals surface area contributed by atoms with Crippen molar-refractivity contribution in [1.82, 2.24) is 9.97 Å². The lowest BCUT2D eigenvalue weighted by molar-refractivity contribution is 0.509. The van der Waals surface area contributed by atoms with E-state index in [1.54, 1.807) is 11.8 Å². The lowest BCUT2D eigenvalue weighted by atomic mass is 9.89. The third kappa shape index (κ3) is 3.19. The lowest BCUT2D eigenvalue weighted by Gasteiger charge is -2.17. The Balaban J connectivity index is 1.90. The van der Waals surface area contributed by atoms with E-state index in [0.717, 1.165) is 33.5 Å². The van der Waals surface area contributed by atoms with Crippen LogP contribution in [0, 0.1) is 11.8 Å². The van der Waals surface area contributed by atoms with Gasteiger partial charge in [0.2, 0.25) is 0 Å². The molecule has 0 fully saturated rings. The van der Waals surface area contributed by atoms with Crippen LogP contribution in [0.4, 0.5) is 5.82 Å². The third-order valence-corrected chi connectivity index (χ3v) is 6.12. The fourth-order valence-corrected chi connectivity index (χ4v) is 5.34. The fourth-order valence-electron chi connectivity index (χ4n) is 2.80. The van der Waals surface area contributed by atoms with Gasteiger partial charge in [0, 0.05) is 10.6 Å². The highest BCUT2D eigenvalue weighted by Gasteiger charge is 2.23. The maximum Gasteiger partial charge on any atom is 0.190 e. The molecule has 2 heterocycles. The van der Waals surface area contributed by atoms with Gasteiger partial charge in [0.25, 0.3) is 0 Å². The molecule has 0 saturated heterocycles. The number of hydrogen-bond donors (Lipinski definition) is 1. The van der Waals surface area contributed by atoms with Crippen LogP contribution in [-0.2, 0) is 12.8 Å². The van der Waals surface area contributed by atoms with Gasteiger partial charge in [-0.2, -0.15) is 0 Å². The number of nitrogens with two attached hydrogens (primary N) is 1. The van der Waals surface area contributed by atoms with Crippen molar-refractivity contribution in [2.75, 3.05) is 11.5 Å². The van der Waals surface area contributed by atoms with Crippen molar-refractivity contribution < 1.29 is 0 Å². The van der Waals surface area contributed by atoms with Gasteiger partial charge in [-0.3, -0.25) is 0 Å². The van der Waals surface area contributed by atoms with Gasteiger partial charge in [-0.05, 0) is 43.1 Å². The van der Waals surface area contributed by atoms with Crippen molar-refractivity contribution in [3.8, 4) is 0 Å². The molecular weight excluding hydrogens is 298 g/mol. The van der Waals surface area contributed by atoms with E-state index in [0.29, 0.717) is 11.7 Å². The maximum atomic E-state index is 6.23. The normalized spacial score (nSPS) is 18.4. The number of thiophene rings is 1. The molecule has 0 aliphatic heterocycles. The van der Waals surface area contributed by atoms with Gasteiger partial charge < -0.3 is 5.73 Å². The molecule has 1 aliphatic carbocycles. The second kappa shape index (κ2) is 6.13. The minimum Gasteiger partial charge on any atom is -0.383 e. The first-order valence-corrected chi connectivity index (χ1v) is 9.55. The van der Waals surface area contributed by atoms with E-state index in [9.17, 15) is 0 Å². The Morgan fingerprint density at radius 2 is 2.19 bits per heavy atom. The van der Waals surface area contributed by atoms with E-state index in [1.807, 2.05) is 11.3 Å². The molecule has 2 aromatic rings. The fraction of sp³-hybridized carbons (Fsp3) is 0.625. The SMILES string of the molecule is CC(C)CCSc1nc(N)c2c3c(sc2n1)CC(C)CC3. The molecule has 3 rings (SSSR count). The van der Waals surface area contributed by atoms with Gasteiger partial charge in [-0.15, -0.1) is 11.3 Å². The predicted molar refractivity (Wildman–Crippen MR) is 93.2 cm³/mol. The zero-order chi connectivity index (χ0) is 15.0. The largest absolute Gasteiger partial charge is 0.383 e. The molecule has 2 N–H and O–H groups in total. The molecule has 0 spiro atoms. The Labute approximate surface area is 134 Å². The lowest BCUT2D eigenvalue weighted by Crippen LogP contribution is -2.09. The average Bonchev–Trinajstić information content (AvgIpc) is 2.75. The van der Waals surface area contributed by atoms with Gasteiger partial charge in [-0.25, -0.2) is 9.97 Å². The number of fused-ring (bicyclic) bond motifs is 3. The van der Waals surface area contributed by atoms with E-state index in [-0.39, 0.29) is 0 Å². The van der Waals surface area contributed by atoms with Crippen molar-refractivity contribution in [2.45, 2.75) is 51.6 Å². The van der Waals surface area contributed by atoms with E-state index < -0.39 is 0 Å². The number of nitrogens with zero attached hydrogens (tertiary/aromatic N) is 2. The summed E-state index contributed by atoms with van der Waals surface area (Å²) in [4.78, 5) is 11.9. The Kier molecular flexibility index (Phi) is 4.41. The molecule has 21 heavy (non-hydrogen) atoms. The summed E-state index contributed by atoms with van der Waals surface area (Å²) >= 11 is 3.56. The van der Waals surface area contributed by atoms with E-state index in [4.69, 9.17) is 10.7 Å². The van der Waals surface area contributed by atoms with Crippen LogP contribution in [0.5, 0.6) is 0 Å².